The molecule has 28 heavy (non-hydrogen) atoms. The summed E-state index contributed by atoms with van der Waals surface area (Å²) in [6.45, 7) is 0. The number of rotatable bonds is 5. The average molecular weight is 504 g/mol. The Hall–Kier alpha value is -2.48. The highest BCUT2D eigenvalue weighted by Crippen LogP contribution is 2.31. The Kier molecular flexibility index (Phi) is 6.28. The Balaban J connectivity index is 1.90. The summed E-state index contributed by atoms with van der Waals surface area (Å²) in [6.07, 6.45) is 1.38. The largest absolute Gasteiger partial charge is 0.507 e. The first-order valence-corrected chi connectivity index (χ1v) is 9.86. The van der Waals surface area contributed by atoms with Crippen molar-refractivity contribution >= 4 is 44.0 Å². The van der Waals surface area contributed by atoms with Crippen LogP contribution in [0.3, 0.4) is 0 Å². The van der Waals surface area contributed by atoms with Gasteiger partial charge in [-0.1, -0.05) is 76.6 Å². The molecule has 0 aliphatic heterocycles. The van der Waals surface area contributed by atoms with E-state index in [9.17, 15) is 15.0 Å². The standard InChI is InChI=1S/C21H16Br2N2O3/c22-17-12-18(23)19(26)11-14(17)13-24-25-20(27)21(28,15-7-3-1-4-8-15)16-9-5-2-6-10-16/h1-13,26,28H,(H,25,27). The molecule has 3 rings (SSSR count). The van der Waals surface area contributed by atoms with Gasteiger partial charge in [0, 0.05) is 10.0 Å². The molecule has 3 N–H and O–H groups in total. The molecular formula is C21H16Br2N2O3. The van der Waals surface area contributed by atoms with E-state index in [2.05, 4.69) is 42.4 Å². The van der Waals surface area contributed by atoms with Crippen molar-refractivity contribution in [3.8, 4) is 5.75 Å². The van der Waals surface area contributed by atoms with E-state index in [0.29, 0.717) is 25.6 Å². The van der Waals surface area contributed by atoms with Crippen LogP contribution in [0.25, 0.3) is 0 Å². The van der Waals surface area contributed by atoms with Crippen molar-refractivity contribution in [2.75, 3.05) is 0 Å². The normalized spacial score (nSPS) is 11.5. The highest BCUT2D eigenvalue weighted by molar-refractivity contribution is 9.11. The van der Waals surface area contributed by atoms with Crippen LogP contribution in [0.1, 0.15) is 16.7 Å². The van der Waals surface area contributed by atoms with E-state index in [1.807, 2.05) is 12.1 Å². The molecule has 5 nitrogen and oxygen atoms in total. The molecule has 142 valence electrons. The minimum Gasteiger partial charge on any atom is -0.507 e. The third-order valence-corrected chi connectivity index (χ3v) is 5.47. The maximum Gasteiger partial charge on any atom is 0.281 e. The molecule has 0 bridgehead atoms. The first-order valence-electron chi connectivity index (χ1n) is 8.28. The molecule has 3 aromatic carbocycles. The van der Waals surface area contributed by atoms with Crippen molar-refractivity contribution in [1.29, 1.82) is 0 Å². The summed E-state index contributed by atoms with van der Waals surface area (Å²) < 4.78 is 1.21. The summed E-state index contributed by atoms with van der Waals surface area (Å²) in [5.74, 6) is -0.653. The van der Waals surface area contributed by atoms with Gasteiger partial charge in [-0.25, -0.2) is 5.43 Å². The molecule has 0 saturated carbocycles. The van der Waals surface area contributed by atoms with Crippen molar-refractivity contribution in [3.63, 3.8) is 0 Å². The van der Waals surface area contributed by atoms with Gasteiger partial charge < -0.3 is 10.2 Å². The number of hydrazone groups is 1. The topological polar surface area (TPSA) is 81.9 Å². The maximum atomic E-state index is 12.9. The number of phenolic OH excluding ortho intramolecular Hbond substituents is 1. The predicted molar refractivity (Wildman–Crippen MR) is 115 cm³/mol. The number of amides is 1. The third kappa shape index (κ3) is 4.16. The SMILES string of the molecule is O=C(NN=Cc1cc(O)c(Br)cc1Br)C(O)(c1ccccc1)c1ccccc1. The maximum absolute atomic E-state index is 12.9. The Bertz CT molecular complexity index is 969. The number of aliphatic hydroxyl groups is 1. The van der Waals surface area contributed by atoms with Gasteiger partial charge in [-0.3, -0.25) is 4.79 Å². The van der Waals surface area contributed by atoms with Crippen LogP contribution >= 0.6 is 31.9 Å². The molecule has 1 amide bonds. The number of carbonyl (C=O) groups excluding carboxylic acids is 1. The lowest BCUT2D eigenvalue weighted by Crippen LogP contribution is -2.43. The molecule has 0 saturated heterocycles. The summed E-state index contributed by atoms with van der Waals surface area (Å²) >= 11 is 6.59. The van der Waals surface area contributed by atoms with Gasteiger partial charge in [0.25, 0.3) is 5.91 Å². The highest BCUT2D eigenvalue weighted by atomic mass is 79.9. The van der Waals surface area contributed by atoms with Gasteiger partial charge >= 0.3 is 0 Å². The number of nitrogens with one attached hydrogen (secondary N) is 1. The molecule has 0 atom stereocenters. The van der Waals surface area contributed by atoms with E-state index in [1.165, 1.54) is 12.3 Å². The number of carbonyl (C=O) groups is 1. The summed E-state index contributed by atoms with van der Waals surface area (Å²) in [7, 11) is 0. The van der Waals surface area contributed by atoms with E-state index < -0.39 is 11.5 Å². The van der Waals surface area contributed by atoms with Gasteiger partial charge in [0.15, 0.2) is 5.60 Å². The lowest BCUT2D eigenvalue weighted by atomic mass is 9.85. The first-order chi connectivity index (χ1) is 13.4. The summed E-state index contributed by atoms with van der Waals surface area (Å²) in [4.78, 5) is 12.9. The van der Waals surface area contributed by atoms with Crippen LogP contribution in [0.15, 0.2) is 86.8 Å². The van der Waals surface area contributed by atoms with Crippen molar-refractivity contribution < 1.29 is 15.0 Å². The number of phenols is 1. The number of hydrogen-bond acceptors (Lipinski definition) is 4. The van der Waals surface area contributed by atoms with E-state index in [1.54, 1.807) is 54.6 Å². The van der Waals surface area contributed by atoms with Crippen LogP contribution in [0.2, 0.25) is 0 Å². The highest BCUT2D eigenvalue weighted by Gasteiger charge is 2.39. The van der Waals surface area contributed by atoms with Crippen molar-refractivity contribution in [2.24, 2.45) is 5.10 Å². The average Bonchev–Trinajstić information content (AvgIpc) is 2.72. The monoisotopic (exact) mass is 502 g/mol. The van der Waals surface area contributed by atoms with Crippen LogP contribution < -0.4 is 5.43 Å². The van der Waals surface area contributed by atoms with Crippen LogP contribution in [0, 0.1) is 0 Å². The number of nitrogens with zero attached hydrogens (tertiary/aromatic N) is 1. The molecule has 7 heteroatoms. The summed E-state index contributed by atoms with van der Waals surface area (Å²) in [5.41, 5.74) is 1.91. The van der Waals surface area contributed by atoms with E-state index >= 15 is 0 Å². The van der Waals surface area contributed by atoms with Crippen LogP contribution in [0.4, 0.5) is 0 Å². The molecule has 0 unspecified atom stereocenters. The Labute approximate surface area is 179 Å². The molecule has 0 radical (unpaired) electrons. The smallest absolute Gasteiger partial charge is 0.281 e. The fourth-order valence-electron chi connectivity index (χ4n) is 2.68. The van der Waals surface area contributed by atoms with Gasteiger partial charge in [0.1, 0.15) is 5.75 Å². The molecule has 0 fully saturated rings. The zero-order valence-corrected chi connectivity index (χ0v) is 17.7. The zero-order valence-electron chi connectivity index (χ0n) is 14.5. The Morgan fingerprint density at radius 1 is 0.929 bits per heavy atom. The lowest BCUT2D eigenvalue weighted by molar-refractivity contribution is -0.136. The van der Waals surface area contributed by atoms with Crippen LogP contribution in [-0.2, 0) is 10.4 Å². The molecule has 0 aliphatic rings. The Morgan fingerprint density at radius 2 is 1.46 bits per heavy atom. The van der Waals surface area contributed by atoms with Gasteiger partial charge in [-0.05, 0) is 39.2 Å². The van der Waals surface area contributed by atoms with E-state index in [4.69, 9.17) is 0 Å². The number of aromatic hydroxyl groups is 1. The fourth-order valence-corrected chi connectivity index (χ4v) is 3.78. The van der Waals surface area contributed by atoms with Crippen molar-refractivity contribution in [3.05, 3.63) is 98.4 Å². The minimum absolute atomic E-state index is 0.0426. The second-order valence-corrected chi connectivity index (χ2v) is 7.68. The van der Waals surface area contributed by atoms with Gasteiger partial charge in [0.05, 0.1) is 10.7 Å². The summed E-state index contributed by atoms with van der Waals surface area (Å²) in [6, 6.07) is 20.5. The quantitative estimate of drug-likeness (QED) is 0.358. The van der Waals surface area contributed by atoms with Gasteiger partial charge in [-0.2, -0.15) is 5.10 Å². The molecule has 0 spiro atoms. The molecular weight excluding hydrogens is 488 g/mol. The molecule has 0 aromatic heterocycles. The van der Waals surface area contributed by atoms with E-state index in [0.717, 1.165) is 0 Å². The van der Waals surface area contributed by atoms with Gasteiger partial charge in [0.2, 0.25) is 0 Å². The first kappa shape index (κ1) is 20.3. The second-order valence-electron chi connectivity index (χ2n) is 5.97. The predicted octanol–water partition coefficient (Wildman–Crippen LogP) is 4.30. The number of halogens is 2. The van der Waals surface area contributed by atoms with Crippen LogP contribution in [0.5, 0.6) is 5.75 Å². The minimum atomic E-state index is -1.90. The zero-order chi connectivity index (χ0) is 20.1. The molecule has 0 aliphatic carbocycles. The Morgan fingerprint density at radius 3 is 2.00 bits per heavy atom. The van der Waals surface area contributed by atoms with Gasteiger partial charge in [-0.15, -0.1) is 0 Å². The lowest BCUT2D eigenvalue weighted by Gasteiger charge is -2.27. The van der Waals surface area contributed by atoms with Crippen LogP contribution in [-0.4, -0.2) is 22.3 Å². The molecule has 0 heterocycles. The number of benzene rings is 3. The third-order valence-electron chi connectivity index (χ3n) is 4.15. The molecule has 3 aromatic rings. The van der Waals surface area contributed by atoms with E-state index in [-0.39, 0.29) is 5.75 Å². The number of hydrogen-bond donors (Lipinski definition) is 3. The van der Waals surface area contributed by atoms with Crippen molar-refractivity contribution in [1.82, 2.24) is 5.43 Å². The fraction of sp³-hybridized carbons (Fsp3) is 0.0476. The second kappa shape index (κ2) is 8.68. The summed E-state index contributed by atoms with van der Waals surface area (Å²) in [5, 5.41) is 25.1. The van der Waals surface area contributed by atoms with Crippen molar-refractivity contribution in [2.45, 2.75) is 5.60 Å².